The molecule has 0 spiro atoms. The summed E-state index contributed by atoms with van der Waals surface area (Å²) in [6, 6.07) is 1.66. The molecule has 1 rings (SSSR count). The summed E-state index contributed by atoms with van der Waals surface area (Å²) in [6.07, 6.45) is -2.09. The van der Waals surface area contributed by atoms with Crippen LogP contribution in [0.1, 0.15) is 11.7 Å². The molecule has 0 aliphatic rings. The lowest BCUT2D eigenvalue weighted by Gasteiger charge is -2.20. The van der Waals surface area contributed by atoms with E-state index in [4.69, 9.17) is 5.11 Å². The van der Waals surface area contributed by atoms with E-state index in [2.05, 4.69) is 0 Å². The minimum Gasteiger partial charge on any atom is -0.479 e. The van der Waals surface area contributed by atoms with Gasteiger partial charge in [-0.3, -0.25) is 0 Å². The van der Waals surface area contributed by atoms with Gasteiger partial charge < -0.3 is 15.1 Å². The molecule has 0 saturated heterocycles. The Balaban J connectivity index is 3.45. The van der Waals surface area contributed by atoms with Crippen molar-refractivity contribution in [2.24, 2.45) is 0 Å². The first-order valence-electron chi connectivity index (χ1n) is 4.42. The van der Waals surface area contributed by atoms with Crippen LogP contribution >= 0.6 is 0 Å². The third-order valence-electron chi connectivity index (χ3n) is 2.07. The van der Waals surface area contributed by atoms with E-state index in [0.29, 0.717) is 0 Å². The van der Waals surface area contributed by atoms with E-state index >= 15 is 0 Å². The molecule has 0 aliphatic heterocycles. The van der Waals surface area contributed by atoms with Gasteiger partial charge >= 0.3 is 5.97 Å². The van der Waals surface area contributed by atoms with E-state index in [-0.39, 0.29) is 5.69 Å². The average Bonchev–Trinajstić information content (AvgIpc) is 2.19. The van der Waals surface area contributed by atoms with Crippen LogP contribution < -0.4 is 4.90 Å². The van der Waals surface area contributed by atoms with Gasteiger partial charge in [-0.2, -0.15) is 0 Å². The Morgan fingerprint density at radius 2 is 1.81 bits per heavy atom. The van der Waals surface area contributed by atoms with Crippen LogP contribution in [-0.4, -0.2) is 30.3 Å². The minimum atomic E-state index is -2.09. The molecule has 1 aromatic carbocycles. The van der Waals surface area contributed by atoms with E-state index in [9.17, 15) is 18.7 Å². The van der Waals surface area contributed by atoms with Gasteiger partial charge in [-0.25, -0.2) is 13.6 Å². The highest BCUT2D eigenvalue weighted by Crippen LogP contribution is 2.30. The number of aliphatic hydroxyl groups is 1. The topological polar surface area (TPSA) is 60.8 Å². The molecular weight excluding hydrogens is 220 g/mol. The van der Waals surface area contributed by atoms with Crippen LogP contribution in [0.15, 0.2) is 12.1 Å². The molecule has 4 nitrogen and oxygen atoms in total. The maximum Gasteiger partial charge on any atom is 0.337 e. The quantitative estimate of drug-likeness (QED) is 0.819. The Morgan fingerprint density at radius 3 is 2.25 bits per heavy atom. The third-order valence-corrected chi connectivity index (χ3v) is 2.07. The molecule has 1 unspecified atom stereocenters. The van der Waals surface area contributed by atoms with E-state index in [0.717, 1.165) is 12.1 Å². The smallest absolute Gasteiger partial charge is 0.337 e. The number of nitrogens with zero attached hydrogens (tertiary/aromatic N) is 1. The Labute approximate surface area is 90.7 Å². The lowest BCUT2D eigenvalue weighted by molar-refractivity contribution is -0.147. The zero-order valence-corrected chi connectivity index (χ0v) is 8.74. The Kier molecular flexibility index (Phi) is 3.44. The molecule has 2 N–H and O–H groups in total. The van der Waals surface area contributed by atoms with Gasteiger partial charge in [0, 0.05) is 14.1 Å². The highest BCUT2D eigenvalue weighted by molar-refractivity contribution is 5.77. The molecule has 0 aromatic heterocycles. The fourth-order valence-corrected chi connectivity index (χ4v) is 1.39. The molecule has 1 atom stereocenters. The molecule has 88 valence electrons. The maximum absolute atomic E-state index is 13.4. The largest absolute Gasteiger partial charge is 0.479 e. The van der Waals surface area contributed by atoms with Crippen molar-refractivity contribution in [1.82, 2.24) is 0 Å². The third kappa shape index (κ3) is 2.11. The van der Waals surface area contributed by atoms with Crippen LogP contribution in [0, 0.1) is 11.6 Å². The van der Waals surface area contributed by atoms with Gasteiger partial charge in [0.25, 0.3) is 0 Å². The summed E-state index contributed by atoms with van der Waals surface area (Å²) in [5.74, 6) is -3.38. The predicted octanol–water partition coefficient (Wildman–Crippen LogP) is 1.15. The van der Waals surface area contributed by atoms with Crippen LogP contribution in [0.4, 0.5) is 14.5 Å². The van der Waals surface area contributed by atoms with Crippen LogP contribution in [0.3, 0.4) is 0 Å². The standard InChI is InChI=1S/C10H11F2NO3/c1-13(2)8-6(12)4-3-5(11)7(8)9(14)10(15)16/h3-4,9,14H,1-2H3,(H,15,16). The summed E-state index contributed by atoms with van der Waals surface area (Å²) >= 11 is 0. The number of anilines is 1. The monoisotopic (exact) mass is 231 g/mol. The summed E-state index contributed by atoms with van der Waals surface area (Å²) in [5, 5.41) is 17.9. The fourth-order valence-electron chi connectivity index (χ4n) is 1.39. The number of carbonyl (C=O) groups is 1. The van der Waals surface area contributed by atoms with E-state index in [1.807, 2.05) is 0 Å². The molecule has 0 saturated carbocycles. The second-order valence-corrected chi connectivity index (χ2v) is 3.43. The van der Waals surface area contributed by atoms with Crippen LogP contribution in [-0.2, 0) is 4.79 Å². The summed E-state index contributed by atoms with van der Waals surface area (Å²) < 4.78 is 26.8. The zero-order valence-electron chi connectivity index (χ0n) is 8.74. The molecular formula is C10H11F2NO3. The van der Waals surface area contributed by atoms with Gasteiger partial charge in [-0.15, -0.1) is 0 Å². The maximum atomic E-state index is 13.4. The Hall–Kier alpha value is -1.69. The summed E-state index contributed by atoms with van der Waals surface area (Å²) in [7, 11) is 2.85. The van der Waals surface area contributed by atoms with E-state index < -0.39 is 29.3 Å². The number of rotatable bonds is 3. The van der Waals surface area contributed by atoms with Gasteiger partial charge in [0.2, 0.25) is 0 Å². The lowest BCUT2D eigenvalue weighted by Crippen LogP contribution is -2.20. The first-order chi connectivity index (χ1) is 7.36. The molecule has 1 aromatic rings. The van der Waals surface area contributed by atoms with E-state index in [1.54, 1.807) is 0 Å². The first kappa shape index (κ1) is 12.4. The van der Waals surface area contributed by atoms with Crippen molar-refractivity contribution < 1.29 is 23.8 Å². The highest BCUT2D eigenvalue weighted by atomic mass is 19.1. The number of halogens is 2. The molecule has 0 radical (unpaired) electrons. The number of aliphatic carboxylic acids is 1. The van der Waals surface area contributed by atoms with Crippen molar-refractivity contribution >= 4 is 11.7 Å². The number of hydrogen-bond acceptors (Lipinski definition) is 3. The molecule has 0 aliphatic carbocycles. The number of aliphatic hydroxyl groups excluding tert-OH is 1. The van der Waals surface area contributed by atoms with Crippen LogP contribution in [0.5, 0.6) is 0 Å². The van der Waals surface area contributed by atoms with Crippen LogP contribution in [0.25, 0.3) is 0 Å². The highest BCUT2D eigenvalue weighted by Gasteiger charge is 2.26. The molecule has 0 bridgehead atoms. The van der Waals surface area contributed by atoms with E-state index in [1.165, 1.54) is 19.0 Å². The Bertz CT molecular complexity index is 421. The molecule has 0 heterocycles. The lowest BCUT2D eigenvalue weighted by atomic mass is 10.1. The first-order valence-corrected chi connectivity index (χ1v) is 4.42. The van der Waals surface area contributed by atoms with Crippen molar-refractivity contribution in [2.45, 2.75) is 6.10 Å². The van der Waals surface area contributed by atoms with Crippen molar-refractivity contribution in [2.75, 3.05) is 19.0 Å². The second-order valence-electron chi connectivity index (χ2n) is 3.43. The van der Waals surface area contributed by atoms with Crippen molar-refractivity contribution in [3.63, 3.8) is 0 Å². The fraction of sp³-hybridized carbons (Fsp3) is 0.300. The van der Waals surface area contributed by atoms with Gasteiger partial charge in [-0.05, 0) is 12.1 Å². The molecule has 0 amide bonds. The average molecular weight is 231 g/mol. The van der Waals surface area contributed by atoms with Gasteiger partial charge in [0.1, 0.15) is 11.6 Å². The zero-order chi connectivity index (χ0) is 12.5. The predicted molar refractivity (Wildman–Crippen MR) is 53.3 cm³/mol. The van der Waals surface area contributed by atoms with Gasteiger partial charge in [0.05, 0.1) is 11.3 Å². The minimum absolute atomic E-state index is 0.269. The normalized spacial score (nSPS) is 12.3. The van der Waals surface area contributed by atoms with Crippen molar-refractivity contribution in [3.05, 3.63) is 29.3 Å². The van der Waals surface area contributed by atoms with Crippen molar-refractivity contribution in [1.29, 1.82) is 0 Å². The summed E-state index contributed by atoms with van der Waals surface area (Å²) in [5.41, 5.74) is -0.840. The summed E-state index contributed by atoms with van der Waals surface area (Å²) in [6.45, 7) is 0. The van der Waals surface area contributed by atoms with Crippen LogP contribution in [0.2, 0.25) is 0 Å². The van der Waals surface area contributed by atoms with Gasteiger partial charge in [0.15, 0.2) is 6.10 Å². The summed E-state index contributed by atoms with van der Waals surface area (Å²) in [4.78, 5) is 11.8. The van der Waals surface area contributed by atoms with Gasteiger partial charge in [-0.1, -0.05) is 0 Å². The molecule has 0 fully saturated rings. The number of benzene rings is 1. The number of carboxylic acid groups (broad SMARTS) is 1. The second kappa shape index (κ2) is 4.44. The molecule has 16 heavy (non-hydrogen) atoms. The SMILES string of the molecule is CN(C)c1c(F)ccc(F)c1C(O)C(=O)O. The number of hydrogen-bond donors (Lipinski definition) is 2. The number of carboxylic acids is 1. The Morgan fingerprint density at radius 1 is 1.31 bits per heavy atom. The molecule has 6 heteroatoms. The van der Waals surface area contributed by atoms with Crippen molar-refractivity contribution in [3.8, 4) is 0 Å².